The minimum absolute atomic E-state index is 0.0215. The number of fused-ring (bicyclic) bond motifs is 1. The molecule has 7 nitrogen and oxygen atoms in total. The number of benzene rings is 3. The van der Waals surface area contributed by atoms with Crippen molar-refractivity contribution in [2.24, 2.45) is 0 Å². The lowest BCUT2D eigenvalue weighted by atomic mass is 10.1. The molecule has 0 unspecified atom stereocenters. The highest BCUT2D eigenvalue weighted by molar-refractivity contribution is 6.02. The van der Waals surface area contributed by atoms with Crippen molar-refractivity contribution in [3.63, 3.8) is 0 Å². The molecule has 0 bridgehead atoms. The van der Waals surface area contributed by atoms with Gasteiger partial charge in [-0.3, -0.25) is 4.79 Å². The van der Waals surface area contributed by atoms with E-state index in [-0.39, 0.29) is 11.3 Å². The summed E-state index contributed by atoms with van der Waals surface area (Å²) in [5.41, 5.74) is 1.69. The maximum absolute atomic E-state index is 12.5. The Hall–Kier alpha value is -3.58. The Morgan fingerprint density at radius 1 is 1.03 bits per heavy atom. The molecule has 1 amide bonds. The maximum atomic E-state index is 12.5. The minimum Gasteiger partial charge on any atom is -0.506 e. The van der Waals surface area contributed by atoms with Gasteiger partial charge in [-0.05, 0) is 42.6 Å². The minimum atomic E-state index is -1.03. The summed E-state index contributed by atoms with van der Waals surface area (Å²) in [6.07, 6.45) is -1.03. The number of esters is 1. The van der Waals surface area contributed by atoms with Crippen molar-refractivity contribution in [3.05, 3.63) is 66.2 Å². The number of aromatic hydroxyl groups is 1. The van der Waals surface area contributed by atoms with Crippen LogP contribution in [-0.4, -0.2) is 49.4 Å². The third-order valence-electron chi connectivity index (χ3n) is 5.28. The summed E-state index contributed by atoms with van der Waals surface area (Å²) < 4.78 is 10.6. The number of nitrogens with zero attached hydrogens (tertiary/aromatic N) is 1. The van der Waals surface area contributed by atoms with Crippen LogP contribution in [0.25, 0.3) is 10.8 Å². The Morgan fingerprint density at radius 3 is 2.48 bits per heavy atom. The van der Waals surface area contributed by atoms with Crippen molar-refractivity contribution >= 4 is 34.0 Å². The number of anilines is 2. The molecule has 7 heteroatoms. The van der Waals surface area contributed by atoms with Gasteiger partial charge in [0.1, 0.15) is 11.3 Å². The molecule has 160 valence electrons. The Kier molecular flexibility index (Phi) is 6.04. The van der Waals surface area contributed by atoms with Crippen LogP contribution >= 0.6 is 0 Å². The first-order valence-corrected chi connectivity index (χ1v) is 10.2. The van der Waals surface area contributed by atoms with Crippen LogP contribution in [0.5, 0.6) is 5.75 Å². The van der Waals surface area contributed by atoms with Crippen LogP contribution < -0.4 is 10.2 Å². The van der Waals surface area contributed by atoms with Crippen molar-refractivity contribution in [1.82, 2.24) is 0 Å². The van der Waals surface area contributed by atoms with E-state index < -0.39 is 18.0 Å². The van der Waals surface area contributed by atoms with Crippen molar-refractivity contribution in [3.8, 4) is 5.75 Å². The van der Waals surface area contributed by atoms with E-state index in [9.17, 15) is 14.7 Å². The molecule has 3 aromatic carbocycles. The van der Waals surface area contributed by atoms with E-state index in [1.807, 2.05) is 36.4 Å². The summed E-state index contributed by atoms with van der Waals surface area (Å²) >= 11 is 0. The molecule has 0 saturated carbocycles. The maximum Gasteiger partial charge on any atom is 0.342 e. The molecule has 31 heavy (non-hydrogen) atoms. The highest BCUT2D eigenvalue weighted by Crippen LogP contribution is 2.29. The highest BCUT2D eigenvalue weighted by Gasteiger charge is 2.22. The van der Waals surface area contributed by atoms with Crippen molar-refractivity contribution in [2.75, 3.05) is 36.5 Å². The number of amides is 1. The van der Waals surface area contributed by atoms with Gasteiger partial charge in [-0.2, -0.15) is 0 Å². The lowest BCUT2D eigenvalue weighted by Crippen LogP contribution is -2.36. The smallest absolute Gasteiger partial charge is 0.342 e. The van der Waals surface area contributed by atoms with Crippen molar-refractivity contribution in [2.45, 2.75) is 13.0 Å². The first-order chi connectivity index (χ1) is 15.0. The molecule has 1 atom stereocenters. The van der Waals surface area contributed by atoms with E-state index in [1.54, 1.807) is 18.2 Å². The number of nitrogens with one attached hydrogen (secondary N) is 1. The van der Waals surface area contributed by atoms with Gasteiger partial charge in [0.25, 0.3) is 5.91 Å². The van der Waals surface area contributed by atoms with Crippen LogP contribution in [0.2, 0.25) is 0 Å². The van der Waals surface area contributed by atoms with Crippen LogP contribution in [0, 0.1) is 0 Å². The summed E-state index contributed by atoms with van der Waals surface area (Å²) in [7, 11) is 0. The quantitative estimate of drug-likeness (QED) is 0.614. The molecule has 0 aromatic heterocycles. The number of hydrogen-bond donors (Lipinski definition) is 2. The normalized spacial score (nSPS) is 14.8. The zero-order valence-corrected chi connectivity index (χ0v) is 17.2. The molecule has 0 aliphatic carbocycles. The lowest BCUT2D eigenvalue weighted by Gasteiger charge is -2.28. The van der Waals surface area contributed by atoms with Crippen LogP contribution in [0.1, 0.15) is 17.3 Å². The summed E-state index contributed by atoms with van der Waals surface area (Å²) in [6.45, 7) is 4.57. The Balaban J connectivity index is 1.38. The van der Waals surface area contributed by atoms with Gasteiger partial charge in [-0.1, -0.05) is 30.3 Å². The Labute approximate surface area is 180 Å². The SMILES string of the molecule is C[C@@H](OC(=O)c1ccc2ccccc2c1O)C(=O)Nc1ccc(N2CCOCC2)cc1. The highest BCUT2D eigenvalue weighted by atomic mass is 16.5. The van der Waals surface area contributed by atoms with Gasteiger partial charge in [0.15, 0.2) is 6.10 Å². The number of morpholine rings is 1. The van der Waals surface area contributed by atoms with Crippen molar-refractivity contribution < 1.29 is 24.2 Å². The fourth-order valence-corrected chi connectivity index (χ4v) is 3.52. The first kappa shape index (κ1) is 20.7. The molecular weight excluding hydrogens is 396 g/mol. The van der Waals surface area contributed by atoms with Gasteiger partial charge in [0.2, 0.25) is 0 Å². The second-order valence-corrected chi connectivity index (χ2v) is 7.37. The number of phenolic OH excluding ortho intramolecular Hbond substituents is 1. The summed E-state index contributed by atoms with van der Waals surface area (Å²) in [5.74, 6) is -1.37. The van der Waals surface area contributed by atoms with E-state index in [0.29, 0.717) is 24.3 Å². The van der Waals surface area contributed by atoms with E-state index in [2.05, 4.69) is 10.2 Å². The predicted molar refractivity (Wildman–Crippen MR) is 119 cm³/mol. The van der Waals surface area contributed by atoms with Gasteiger partial charge in [-0.15, -0.1) is 0 Å². The largest absolute Gasteiger partial charge is 0.506 e. The topological polar surface area (TPSA) is 88.1 Å². The Morgan fingerprint density at radius 2 is 1.74 bits per heavy atom. The van der Waals surface area contributed by atoms with E-state index >= 15 is 0 Å². The number of ether oxygens (including phenoxy) is 2. The zero-order chi connectivity index (χ0) is 21.8. The summed E-state index contributed by atoms with van der Waals surface area (Å²) in [5, 5.41) is 14.5. The number of phenols is 1. The van der Waals surface area contributed by atoms with Gasteiger partial charge >= 0.3 is 5.97 Å². The third-order valence-corrected chi connectivity index (χ3v) is 5.28. The van der Waals surface area contributed by atoms with Gasteiger partial charge in [-0.25, -0.2) is 4.79 Å². The molecule has 1 saturated heterocycles. The summed E-state index contributed by atoms with van der Waals surface area (Å²) in [6, 6.07) is 17.9. The average molecular weight is 420 g/mol. The molecular formula is C24H24N2O5. The predicted octanol–water partition coefficient (Wildman–Crippen LogP) is 3.57. The van der Waals surface area contributed by atoms with Gasteiger partial charge in [0.05, 0.1) is 13.2 Å². The van der Waals surface area contributed by atoms with E-state index in [1.165, 1.54) is 13.0 Å². The van der Waals surface area contributed by atoms with Crippen molar-refractivity contribution in [1.29, 1.82) is 0 Å². The zero-order valence-electron chi connectivity index (χ0n) is 17.2. The fraction of sp³-hybridized carbons (Fsp3) is 0.250. The molecule has 0 radical (unpaired) electrons. The molecule has 4 rings (SSSR count). The van der Waals surface area contributed by atoms with Crippen LogP contribution in [-0.2, 0) is 14.3 Å². The monoisotopic (exact) mass is 420 g/mol. The van der Waals surface area contributed by atoms with E-state index in [4.69, 9.17) is 9.47 Å². The standard InChI is InChI=1S/C24H24N2O5/c1-16(31-24(29)21-11-6-17-4-2-3-5-20(17)22(21)27)23(28)25-18-7-9-19(10-8-18)26-12-14-30-15-13-26/h2-11,16,27H,12-15H2,1H3,(H,25,28)/t16-/m1/s1. The first-order valence-electron chi connectivity index (χ1n) is 10.2. The molecule has 3 aromatic rings. The molecule has 2 N–H and O–H groups in total. The summed E-state index contributed by atoms with van der Waals surface area (Å²) in [4.78, 5) is 27.2. The van der Waals surface area contributed by atoms with Crippen LogP contribution in [0.15, 0.2) is 60.7 Å². The molecule has 1 aliphatic rings. The number of rotatable bonds is 5. The molecule has 1 heterocycles. The fourth-order valence-electron chi connectivity index (χ4n) is 3.52. The third kappa shape index (κ3) is 4.62. The van der Waals surface area contributed by atoms with Crippen LogP contribution in [0.4, 0.5) is 11.4 Å². The number of hydrogen-bond acceptors (Lipinski definition) is 6. The molecule has 1 fully saturated rings. The van der Waals surface area contributed by atoms with Gasteiger partial charge in [0, 0.05) is 29.9 Å². The number of carbonyl (C=O) groups excluding carboxylic acids is 2. The molecule has 1 aliphatic heterocycles. The average Bonchev–Trinajstić information content (AvgIpc) is 2.80. The Bertz CT molecular complexity index is 1090. The van der Waals surface area contributed by atoms with Crippen LogP contribution in [0.3, 0.4) is 0 Å². The lowest BCUT2D eigenvalue weighted by molar-refractivity contribution is -0.123. The molecule has 0 spiro atoms. The number of carbonyl (C=O) groups is 2. The van der Waals surface area contributed by atoms with E-state index in [0.717, 1.165) is 24.2 Å². The van der Waals surface area contributed by atoms with Gasteiger partial charge < -0.3 is 24.8 Å². The second kappa shape index (κ2) is 9.06. The second-order valence-electron chi connectivity index (χ2n) is 7.37.